The van der Waals surface area contributed by atoms with Gasteiger partial charge in [0.15, 0.2) is 0 Å². The number of anilines is 1. The van der Waals surface area contributed by atoms with Gasteiger partial charge in [0.2, 0.25) is 5.91 Å². The highest BCUT2D eigenvalue weighted by Crippen LogP contribution is 2.27. The highest BCUT2D eigenvalue weighted by molar-refractivity contribution is 7.14. The molecule has 2 fully saturated rings. The molecule has 1 saturated heterocycles. The summed E-state index contributed by atoms with van der Waals surface area (Å²) in [5.41, 5.74) is 0.474. The summed E-state index contributed by atoms with van der Waals surface area (Å²) < 4.78 is 5.58. The zero-order chi connectivity index (χ0) is 15.4. The van der Waals surface area contributed by atoms with Crippen LogP contribution in [0.15, 0.2) is 11.4 Å². The predicted molar refractivity (Wildman–Crippen MR) is 86.3 cm³/mol. The molecule has 6 heteroatoms. The van der Waals surface area contributed by atoms with E-state index >= 15 is 0 Å². The third-order valence-corrected chi connectivity index (χ3v) is 5.15. The molecule has 1 aromatic rings. The lowest BCUT2D eigenvalue weighted by molar-refractivity contribution is -0.117. The number of hydrogen-bond acceptors (Lipinski definition) is 5. The summed E-state index contributed by atoms with van der Waals surface area (Å²) in [7, 11) is 0. The first-order valence-corrected chi connectivity index (χ1v) is 8.95. The molecule has 1 aromatic heterocycles. The van der Waals surface area contributed by atoms with Crippen LogP contribution in [0.4, 0.5) is 5.00 Å². The second-order valence-electron chi connectivity index (χ2n) is 5.97. The van der Waals surface area contributed by atoms with E-state index < -0.39 is 0 Å². The van der Waals surface area contributed by atoms with Crippen molar-refractivity contribution in [1.82, 2.24) is 5.32 Å². The standard InChI is InChI=1S/C16H22N2O3S/c19-14(13-7-4-9-17-13)18-15-12(8-10-22-15)16(20)21-11-5-2-1-3-6-11/h8,10-11,13,17H,1-7,9H2,(H,18,19)/t13-/m0/s1. The van der Waals surface area contributed by atoms with Crippen LogP contribution in [-0.2, 0) is 9.53 Å². The van der Waals surface area contributed by atoms with Crippen molar-refractivity contribution in [2.75, 3.05) is 11.9 Å². The van der Waals surface area contributed by atoms with E-state index in [1.54, 1.807) is 6.07 Å². The summed E-state index contributed by atoms with van der Waals surface area (Å²) in [6.07, 6.45) is 7.26. The average molecular weight is 322 g/mol. The molecule has 1 amide bonds. The first-order valence-electron chi connectivity index (χ1n) is 8.07. The normalized spacial score (nSPS) is 22.5. The maximum absolute atomic E-state index is 12.3. The Morgan fingerprint density at radius 2 is 2.00 bits per heavy atom. The lowest BCUT2D eigenvalue weighted by atomic mass is 9.98. The number of thiophene rings is 1. The van der Waals surface area contributed by atoms with Gasteiger partial charge in [-0.15, -0.1) is 11.3 Å². The Hall–Kier alpha value is -1.40. The van der Waals surface area contributed by atoms with Crippen molar-refractivity contribution in [2.24, 2.45) is 0 Å². The molecule has 0 spiro atoms. The van der Waals surface area contributed by atoms with Crippen molar-refractivity contribution in [3.8, 4) is 0 Å². The maximum Gasteiger partial charge on any atom is 0.341 e. The van der Waals surface area contributed by atoms with Crippen LogP contribution in [0.3, 0.4) is 0 Å². The topological polar surface area (TPSA) is 67.4 Å². The monoisotopic (exact) mass is 322 g/mol. The number of carbonyl (C=O) groups excluding carboxylic acids is 2. The van der Waals surface area contributed by atoms with E-state index in [-0.39, 0.29) is 24.0 Å². The van der Waals surface area contributed by atoms with Crippen molar-refractivity contribution in [1.29, 1.82) is 0 Å². The summed E-state index contributed by atoms with van der Waals surface area (Å²) >= 11 is 1.37. The van der Waals surface area contributed by atoms with Crippen LogP contribution in [0.2, 0.25) is 0 Å². The zero-order valence-corrected chi connectivity index (χ0v) is 13.4. The van der Waals surface area contributed by atoms with Crippen molar-refractivity contribution in [2.45, 2.75) is 57.1 Å². The van der Waals surface area contributed by atoms with Crippen molar-refractivity contribution in [3.05, 3.63) is 17.0 Å². The molecule has 0 unspecified atom stereocenters. The molecule has 1 atom stereocenters. The highest BCUT2D eigenvalue weighted by atomic mass is 32.1. The van der Waals surface area contributed by atoms with E-state index in [9.17, 15) is 9.59 Å². The Kier molecular flexibility index (Phi) is 5.10. The van der Waals surface area contributed by atoms with E-state index in [1.807, 2.05) is 5.38 Å². The van der Waals surface area contributed by atoms with Gasteiger partial charge in [0, 0.05) is 0 Å². The predicted octanol–water partition coefficient (Wildman–Crippen LogP) is 2.93. The Labute approximate surface area is 134 Å². The van der Waals surface area contributed by atoms with E-state index in [2.05, 4.69) is 10.6 Å². The molecule has 22 heavy (non-hydrogen) atoms. The number of rotatable bonds is 4. The minimum atomic E-state index is -0.317. The molecule has 120 valence electrons. The van der Waals surface area contributed by atoms with E-state index in [4.69, 9.17) is 4.74 Å². The molecular weight excluding hydrogens is 300 g/mol. The minimum absolute atomic E-state index is 0.0289. The Morgan fingerprint density at radius 1 is 1.18 bits per heavy atom. The third kappa shape index (κ3) is 3.67. The van der Waals surface area contributed by atoms with E-state index in [1.165, 1.54) is 17.8 Å². The van der Waals surface area contributed by atoms with Gasteiger partial charge < -0.3 is 15.4 Å². The van der Waals surface area contributed by atoms with Crippen LogP contribution < -0.4 is 10.6 Å². The fourth-order valence-electron chi connectivity index (χ4n) is 3.07. The van der Waals surface area contributed by atoms with Crippen molar-refractivity contribution >= 4 is 28.2 Å². The van der Waals surface area contributed by atoms with Crippen LogP contribution in [0.5, 0.6) is 0 Å². The molecule has 2 N–H and O–H groups in total. The number of hydrogen-bond donors (Lipinski definition) is 2. The molecule has 3 rings (SSSR count). The first-order chi connectivity index (χ1) is 10.7. The third-order valence-electron chi connectivity index (χ3n) is 4.32. The van der Waals surface area contributed by atoms with Crippen LogP contribution in [0.25, 0.3) is 0 Å². The van der Waals surface area contributed by atoms with Crippen LogP contribution in [-0.4, -0.2) is 30.6 Å². The highest BCUT2D eigenvalue weighted by Gasteiger charge is 2.25. The molecule has 0 radical (unpaired) electrons. The van der Waals surface area contributed by atoms with Gasteiger partial charge >= 0.3 is 5.97 Å². The van der Waals surface area contributed by atoms with Gasteiger partial charge in [-0.1, -0.05) is 6.42 Å². The van der Waals surface area contributed by atoms with Crippen molar-refractivity contribution < 1.29 is 14.3 Å². The number of carbonyl (C=O) groups is 2. The van der Waals surface area contributed by atoms with Crippen LogP contribution in [0, 0.1) is 0 Å². The van der Waals surface area contributed by atoms with Crippen LogP contribution >= 0.6 is 11.3 Å². The summed E-state index contributed by atoms with van der Waals surface area (Å²) in [6.45, 7) is 0.874. The average Bonchev–Trinajstić information content (AvgIpc) is 3.19. The maximum atomic E-state index is 12.3. The second-order valence-corrected chi connectivity index (χ2v) is 6.88. The summed E-state index contributed by atoms with van der Waals surface area (Å²) in [5.74, 6) is -0.380. The molecule has 2 heterocycles. The molecular formula is C16H22N2O3S. The number of amides is 1. The quantitative estimate of drug-likeness (QED) is 0.837. The molecule has 1 aliphatic carbocycles. The minimum Gasteiger partial charge on any atom is -0.459 e. The Morgan fingerprint density at radius 3 is 2.73 bits per heavy atom. The van der Waals surface area contributed by atoms with Gasteiger partial charge in [-0.2, -0.15) is 0 Å². The first kappa shape index (κ1) is 15.5. The fourth-order valence-corrected chi connectivity index (χ4v) is 3.85. The molecule has 2 aliphatic rings. The van der Waals surface area contributed by atoms with Gasteiger partial charge in [0.05, 0.1) is 11.6 Å². The number of ether oxygens (including phenoxy) is 1. The lowest BCUT2D eigenvalue weighted by Crippen LogP contribution is -2.35. The van der Waals surface area contributed by atoms with Gasteiger partial charge in [-0.3, -0.25) is 4.79 Å². The summed E-state index contributed by atoms with van der Waals surface area (Å²) in [5, 5.41) is 8.44. The smallest absolute Gasteiger partial charge is 0.341 e. The molecule has 0 aromatic carbocycles. The SMILES string of the molecule is O=C(OC1CCCCC1)c1ccsc1NC(=O)[C@@H]1CCCN1. The van der Waals surface area contributed by atoms with Gasteiger partial charge in [0.1, 0.15) is 11.1 Å². The fraction of sp³-hybridized carbons (Fsp3) is 0.625. The van der Waals surface area contributed by atoms with Gasteiger partial charge in [0.25, 0.3) is 0 Å². The van der Waals surface area contributed by atoms with Gasteiger partial charge in [-0.25, -0.2) is 4.79 Å². The Bertz CT molecular complexity index is 531. The zero-order valence-electron chi connectivity index (χ0n) is 12.6. The van der Waals surface area contributed by atoms with E-state index in [0.717, 1.165) is 45.1 Å². The largest absolute Gasteiger partial charge is 0.459 e. The lowest BCUT2D eigenvalue weighted by Gasteiger charge is -2.21. The molecule has 0 bridgehead atoms. The second kappa shape index (κ2) is 7.24. The van der Waals surface area contributed by atoms with E-state index in [0.29, 0.717) is 10.6 Å². The summed E-state index contributed by atoms with van der Waals surface area (Å²) in [6, 6.07) is 1.58. The van der Waals surface area contributed by atoms with Gasteiger partial charge in [-0.05, 0) is 56.5 Å². The molecule has 5 nitrogen and oxygen atoms in total. The van der Waals surface area contributed by atoms with Crippen LogP contribution in [0.1, 0.15) is 55.3 Å². The molecule has 1 aliphatic heterocycles. The number of esters is 1. The van der Waals surface area contributed by atoms with Crippen molar-refractivity contribution in [3.63, 3.8) is 0 Å². The molecule has 1 saturated carbocycles. The summed E-state index contributed by atoms with van der Waals surface area (Å²) in [4.78, 5) is 24.5. The Balaban J connectivity index is 1.60. The number of nitrogens with one attached hydrogen (secondary N) is 2.